The normalized spacial score (nSPS) is 17.1. The molecule has 0 radical (unpaired) electrons. The molecule has 0 saturated carbocycles. The van der Waals surface area contributed by atoms with Crippen LogP contribution < -0.4 is 14.8 Å². The highest BCUT2D eigenvalue weighted by Crippen LogP contribution is 2.36. The van der Waals surface area contributed by atoms with Crippen LogP contribution in [-0.4, -0.2) is 29.5 Å². The molecule has 2 heterocycles. The first-order chi connectivity index (χ1) is 13.0. The number of imide groups is 1. The number of hydrogen-bond acceptors (Lipinski definition) is 6. The minimum absolute atomic E-state index is 0.0720. The average molecular weight is 403 g/mol. The molecule has 4 rings (SSSR count). The molecule has 2 amide bonds. The lowest BCUT2D eigenvalue weighted by molar-refractivity contribution is -0.122. The van der Waals surface area contributed by atoms with Gasteiger partial charge in [0.1, 0.15) is 0 Å². The van der Waals surface area contributed by atoms with Crippen molar-refractivity contribution in [3.05, 3.63) is 57.5 Å². The number of carbonyl (C=O) groups excluding carboxylic acids is 2. The highest BCUT2D eigenvalue weighted by molar-refractivity contribution is 8.18. The summed E-state index contributed by atoms with van der Waals surface area (Å²) in [5.74, 6) is 0.954. The molecular weight excluding hydrogens is 388 g/mol. The van der Waals surface area contributed by atoms with Crippen molar-refractivity contribution >= 4 is 46.3 Å². The minimum atomic E-state index is -0.339. The third-order valence-electron chi connectivity index (χ3n) is 4.18. The van der Waals surface area contributed by atoms with E-state index in [1.807, 2.05) is 25.1 Å². The van der Waals surface area contributed by atoms with Crippen LogP contribution in [0.5, 0.6) is 11.5 Å². The van der Waals surface area contributed by atoms with Crippen LogP contribution in [0.2, 0.25) is 5.02 Å². The van der Waals surface area contributed by atoms with Gasteiger partial charge in [-0.2, -0.15) is 0 Å². The lowest BCUT2D eigenvalue weighted by Gasteiger charge is -2.15. The third-order valence-corrected chi connectivity index (χ3v) is 5.50. The van der Waals surface area contributed by atoms with Crippen molar-refractivity contribution in [3.8, 4) is 11.5 Å². The molecular formula is C19H15ClN2O4S. The first-order valence-corrected chi connectivity index (χ1v) is 9.36. The molecule has 0 aromatic heterocycles. The molecule has 0 atom stereocenters. The molecule has 138 valence electrons. The van der Waals surface area contributed by atoms with E-state index in [1.54, 1.807) is 24.3 Å². The van der Waals surface area contributed by atoms with Crippen LogP contribution >= 0.6 is 23.4 Å². The smallest absolute Gasteiger partial charge is 0.295 e. The Bertz CT molecular complexity index is 976. The standard InChI is InChI=1S/C19H15ClN2O4S/c1-11-2-4-13(8-14(11)20)21-9-22-18(23)17(27-19(22)24)7-12-3-5-15-16(6-12)26-10-25-15/h2-8,21H,9-10H2,1H3. The van der Waals surface area contributed by atoms with E-state index in [9.17, 15) is 9.59 Å². The lowest BCUT2D eigenvalue weighted by atomic mass is 10.2. The first-order valence-electron chi connectivity index (χ1n) is 8.16. The van der Waals surface area contributed by atoms with Gasteiger partial charge in [0, 0.05) is 10.7 Å². The number of carbonyl (C=O) groups is 2. The number of rotatable bonds is 4. The van der Waals surface area contributed by atoms with E-state index in [0.717, 1.165) is 33.5 Å². The average Bonchev–Trinajstić information content (AvgIpc) is 3.21. The summed E-state index contributed by atoms with van der Waals surface area (Å²) in [6, 6.07) is 10.9. The second-order valence-corrected chi connectivity index (χ2v) is 7.42. The SMILES string of the molecule is Cc1ccc(NCN2C(=O)SC(=Cc3ccc4c(c3)OCO4)C2=O)cc1Cl. The summed E-state index contributed by atoms with van der Waals surface area (Å²) in [5.41, 5.74) is 2.47. The van der Waals surface area contributed by atoms with Crippen molar-refractivity contribution in [1.82, 2.24) is 4.90 Å². The van der Waals surface area contributed by atoms with Crippen LogP contribution in [0.25, 0.3) is 6.08 Å². The van der Waals surface area contributed by atoms with Crippen molar-refractivity contribution in [3.63, 3.8) is 0 Å². The Morgan fingerprint density at radius 1 is 1.19 bits per heavy atom. The van der Waals surface area contributed by atoms with Crippen LogP contribution in [0.4, 0.5) is 10.5 Å². The summed E-state index contributed by atoms with van der Waals surface area (Å²) in [6.45, 7) is 2.16. The Morgan fingerprint density at radius 3 is 2.81 bits per heavy atom. The molecule has 8 heteroatoms. The fourth-order valence-corrected chi connectivity index (χ4v) is 3.68. The Hall–Kier alpha value is -2.64. The van der Waals surface area contributed by atoms with Crippen LogP contribution in [-0.2, 0) is 4.79 Å². The number of nitrogens with one attached hydrogen (secondary N) is 1. The quantitative estimate of drug-likeness (QED) is 0.760. The number of hydrogen-bond donors (Lipinski definition) is 1. The van der Waals surface area contributed by atoms with Gasteiger partial charge in [-0.05, 0) is 60.2 Å². The molecule has 0 aliphatic carbocycles. The Kier molecular flexibility index (Phi) is 4.72. The van der Waals surface area contributed by atoms with Crippen molar-refractivity contribution in [2.75, 3.05) is 18.8 Å². The van der Waals surface area contributed by atoms with Gasteiger partial charge >= 0.3 is 0 Å². The van der Waals surface area contributed by atoms with Crippen LogP contribution in [0, 0.1) is 6.92 Å². The van der Waals surface area contributed by atoms with E-state index in [4.69, 9.17) is 21.1 Å². The molecule has 2 aromatic rings. The number of amides is 2. The lowest BCUT2D eigenvalue weighted by Crippen LogP contribution is -2.33. The number of aryl methyl sites for hydroxylation is 1. The van der Waals surface area contributed by atoms with Gasteiger partial charge in [0.2, 0.25) is 6.79 Å². The zero-order chi connectivity index (χ0) is 19.0. The summed E-state index contributed by atoms with van der Waals surface area (Å²) in [7, 11) is 0. The molecule has 2 aliphatic heterocycles. The van der Waals surface area contributed by atoms with E-state index in [2.05, 4.69) is 5.32 Å². The van der Waals surface area contributed by atoms with Crippen LogP contribution in [0.15, 0.2) is 41.3 Å². The third kappa shape index (κ3) is 3.61. The fourth-order valence-electron chi connectivity index (χ4n) is 2.66. The van der Waals surface area contributed by atoms with Crippen molar-refractivity contribution in [2.24, 2.45) is 0 Å². The summed E-state index contributed by atoms with van der Waals surface area (Å²) in [6.07, 6.45) is 1.68. The summed E-state index contributed by atoms with van der Waals surface area (Å²) >= 11 is 7.01. The Balaban J connectivity index is 1.47. The molecule has 27 heavy (non-hydrogen) atoms. The van der Waals surface area contributed by atoms with Crippen molar-refractivity contribution in [2.45, 2.75) is 6.92 Å². The summed E-state index contributed by atoms with van der Waals surface area (Å²) < 4.78 is 10.6. The van der Waals surface area contributed by atoms with E-state index in [0.29, 0.717) is 21.4 Å². The summed E-state index contributed by atoms with van der Waals surface area (Å²) in [4.78, 5) is 26.3. The number of ether oxygens (including phenoxy) is 2. The number of thioether (sulfide) groups is 1. The predicted molar refractivity (Wildman–Crippen MR) is 105 cm³/mol. The number of halogens is 1. The molecule has 2 aromatic carbocycles. The number of nitrogens with zero attached hydrogens (tertiary/aromatic N) is 1. The topological polar surface area (TPSA) is 67.9 Å². The van der Waals surface area contributed by atoms with Gasteiger partial charge in [-0.25, -0.2) is 0 Å². The van der Waals surface area contributed by atoms with Gasteiger partial charge < -0.3 is 14.8 Å². The molecule has 1 saturated heterocycles. The maximum Gasteiger partial charge on any atom is 0.295 e. The second-order valence-electron chi connectivity index (χ2n) is 6.02. The van der Waals surface area contributed by atoms with Crippen LogP contribution in [0.3, 0.4) is 0 Å². The highest BCUT2D eigenvalue weighted by Gasteiger charge is 2.34. The molecule has 6 nitrogen and oxygen atoms in total. The largest absolute Gasteiger partial charge is 0.454 e. The van der Waals surface area contributed by atoms with E-state index < -0.39 is 0 Å². The summed E-state index contributed by atoms with van der Waals surface area (Å²) in [5, 5.41) is 3.36. The second kappa shape index (κ2) is 7.17. The minimum Gasteiger partial charge on any atom is -0.454 e. The van der Waals surface area contributed by atoms with Crippen LogP contribution in [0.1, 0.15) is 11.1 Å². The van der Waals surface area contributed by atoms with Gasteiger partial charge in [-0.3, -0.25) is 14.5 Å². The number of fused-ring (bicyclic) bond motifs is 1. The van der Waals surface area contributed by atoms with Crippen molar-refractivity contribution in [1.29, 1.82) is 0 Å². The predicted octanol–water partition coefficient (Wildman–Crippen LogP) is 4.48. The molecule has 1 N–H and O–H groups in total. The molecule has 2 aliphatic rings. The Labute approximate surface area is 165 Å². The number of benzene rings is 2. The van der Waals surface area contributed by atoms with E-state index in [1.165, 1.54) is 0 Å². The van der Waals surface area contributed by atoms with Gasteiger partial charge in [-0.1, -0.05) is 23.7 Å². The van der Waals surface area contributed by atoms with Gasteiger partial charge in [0.15, 0.2) is 11.5 Å². The molecule has 0 bridgehead atoms. The molecule has 0 spiro atoms. The zero-order valence-corrected chi connectivity index (χ0v) is 15.9. The first kappa shape index (κ1) is 17.8. The van der Waals surface area contributed by atoms with E-state index in [-0.39, 0.29) is 24.6 Å². The maximum absolute atomic E-state index is 12.6. The molecule has 1 fully saturated rings. The monoisotopic (exact) mass is 402 g/mol. The van der Waals surface area contributed by atoms with Crippen molar-refractivity contribution < 1.29 is 19.1 Å². The fraction of sp³-hybridized carbons (Fsp3) is 0.158. The highest BCUT2D eigenvalue weighted by atomic mass is 35.5. The molecule has 0 unspecified atom stereocenters. The van der Waals surface area contributed by atoms with E-state index >= 15 is 0 Å². The Morgan fingerprint density at radius 2 is 2.00 bits per heavy atom. The van der Waals surface area contributed by atoms with Gasteiger partial charge in [0.05, 0.1) is 11.6 Å². The maximum atomic E-state index is 12.6. The van der Waals surface area contributed by atoms with Gasteiger partial charge in [-0.15, -0.1) is 0 Å². The van der Waals surface area contributed by atoms with Gasteiger partial charge in [0.25, 0.3) is 11.1 Å². The zero-order valence-electron chi connectivity index (χ0n) is 14.3. The number of anilines is 1.